The van der Waals surface area contributed by atoms with Crippen molar-refractivity contribution >= 4 is 11.9 Å². The third-order valence-corrected chi connectivity index (χ3v) is 3.52. The number of amides is 1. The molecule has 118 valence electrons. The number of nitriles is 1. The Morgan fingerprint density at radius 2 is 2.04 bits per heavy atom. The Bertz CT molecular complexity index is 731. The first-order valence-electron chi connectivity index (χ1n) is 7.08. The van der Waals surface area contributed by atoms with Crippen molar-refractivity contribution in [3.8, 4) is 6.07 Å². The molecule has 0 unspecified atom stereocenters. The SMILES string of the molecule is COC(=O)[C@H](C)N(Cc1ccccc1)C(=O)c1c[nH]c(C#N)c1. The van der Waals surface area contributed by atoms with Gasteiger partial charge in [-0.2, -0.15) is 5.26 Å². The molecule has 6 heteroatoms. The number of nitrogens with one attached hydrogen (secondary N) is 1. The van der Waals surface area contributed by atoms with Crippen LogP contribution in [0.5, 0.6) is 0 Å². The van der Waals surface area contributed by atoms with Crippen molar-refractivity contribution in [1.82, 2.24) is 9.88 Å². The molecule has 0 fully saturated rings. The van der Waals surface area contributed by atoms with Gasteiger partial charge in [-0.1, -0.05) is 30.3 Å². The summed E-state index contributed by atoms with van der Waals surface area (Å²) in [5.41, 5.74) is 1.51. The smallest absolute Gasteiger partial charge is 0.328 e. The Hall–Kier alpha value is -3.07. The van der Waals surface area contributed by atoms with Crippen LogP contribution in [0.2, 0.25) is 0 Å². The molecule has 1 atom stereocenters. The lowest BCUT2D eigenvalue weighted by molar-refractivity contribution is -0.145. The Balaban J connectivity index is 2.30. The zero-order chi connectivity index (χ0) is 16.8. The van der Waals surface area contributed by atoms with E-state index in [1.807, 2.05) is 36.4 Å². The maximum Gasteiger partial charge on any atom is 0.328 e. The summed E-state index contributed by atoms with van der Waals surface area (Å²) in [6.45, 7) is 1.88. The van der Waals surface area contributed by atoms with Crippen molar-refractivity contribution in [3.63, 3.8) is 0 Å². The molecule has 0 spiro atoms. The molecule has 2 rings (SSSR count). The van der Waals surface area contributed by atoms with Crippen LogP contribution in [-0.2, 0) is 16.1 Å². The van der Waals surface area contributed by atoms with Gasteiger partial charge in [0.2, 0.25) is 0 Å². The molecule has 0 saturated carbocycles. The van der Waals surface area contributed by atoms with Gasteiger partial charge < -0.3 is 14.6 Å². The third kappa shape index (κ3) is 3.77. The average molecular weight is 311 g/mol. The van der Waals surface area contributed by atoms with Crippen LogP contribution in [0.15, 0.2) is 42.6 Å². The van der Waals surface area contributed by atoms with E-state index in [4.69, 9.17) is 10.00 Å². The number of carbonyl (C=O) groups is 2. The number of carbonyl (C=O) groups excluding carboxylic acids is 2. The standard InChI is InChI=1S/C17H17N3O3/c1-12(17(22)23-2)20(11-13-6-4-3-5-7-13)16(21)14-8-15(9-18)19-10-14/h3-8,10,12,19H,11H2,1-2H3/t12-/m0/s1. The first-order valence-corrected chi connectivity index (χ1v) is 7.08. The summed E-state index contributed by atoms with van der Waals surface area (Å²) in [7, 11) is 1.29. The number of rotatable bonds is 5. The predicted octanol–water partition coefficient (Wildman–Crippen LogP) is 2.09. The maximum atomic E-state index is 12.7. The average Bonchev–Trinajstić information content (AvgIpc) is 3.08. The molecule has 0 aliphatic rings. The number of nitrogens with zero attached hydrogens (tertiary/aromatic N) is 2. The highest BCUT2D eigenvalue weighted by atomic mass is 16.5. The molecule has 1 heterocycles. The number of hydrogen-bond acceptors (Lipinski definition) is 4. The summed E-state index contributed by atoms with van der Waals surface area (Å²) >= 11 is 0. The number of aromatic nitrogens is 1. The van der Waals surface area contributed by atoms with E-state index in [1.54, 1.807) is 6.92 Å². The zero-order valence-electron chi connectivity index (χ0n) is 12.9. The fourth-order valence-corrected chi connectivity index (χ4v) is 2.21. The summed E-state index contributed by atoms with van der Waals surface area (Å²) in [6.07, 6.45) is 1.46. The first-order chi connectivity index (χ1) is 11.1. The monoisotopic (exact) mass is 311 g/mol. The van der Waals surface area contributed by atoms with Crippen molar-refractivity contribution in [2.24, 2.45) is 0 Å². The van der Waals surface area contributed by atoms with Crippen LogP contribution in [-0.4, -0.2) is 34.9 Å². The number of aromatic amines is 1. The van der Waals surface area contributed by atoms with Gasteiger partial charge in [0.05, 0.1) is 12.7 Å². The van der Waals surface area contributed by atoms with Crippen molar-refractivity contribution in [3.05, 3.63) is 59.4 Å². The van der Waals surface area contributed by atoms with E-state index in [-0.39, 0.29) is 12.5 Å². The lowest BCUT2D eigenvalue weighted by Gasteiger charge is -2.27. The normalized spacial score (nSPS) is 11.3. The highest BCUT2D eigenvalue weighted by molar-refractivity contribution is 5.96. The van der Waals surface area contributed by atoms with Gasteiger partial charge in [-0.05, 0) is 18.6 Å². The number of esters is 1. The lowest BCUT2D eigenvalue weighted by Crippen LogP contribution is -2.43. The van der Waals surface area contributed by atoms with Crippen LogP contribution in [0.4, 0.5) is 0 Å². The Labute approximate surface area is 134 Å². The minimum atomic E-state index is -0.742. The number of H-pyrrole nitrogens is 1. The van der Waals surface area contributed by atoms with Crippen LogP contribution in [0.25, 0.3) is 0 Å². The number of methoxy groups -OCH3 is 1. The summed E-state index contributed by atoms with van der Waals surface area (Å²) in [4.78, 5) is 28.7. The van der Waals surface area contributed by atoms with E-state index in [0.29, 0.717) is 11.3 Å². The van der Waals surface area contributed by atoms with Gasteiger partial charge in [-0.15, -0.1) is 0 Å². The highest BCUT2D eigenvalue weighted by Crippen LogP contribution is 2.15. The van der Waals surface area contributed by atoms with Gasteiger partial charge in [-0.25, -0.2) is 4.79 Å². The van der Waals surface area contributed by atoms with Crippen LogP contribution in [0.3, 0.4) is 0 Å². The van der Waals surface area contributed by atoms with E-state index in [9.17, 15) is 9.59 Å². The Morgan fingerprint density at radius 1 is 1.35 bits per heavy atom. The van der Waals surface area contributed by atoms with E-state index in [0.717, 1.165) is 5.56 Å². The van der Waals surface area contributed by atoms with Gasteiger partial charge in [0.15, 0.2) is 0 Å². The second kappa shape index (κ2) is 7.27. The fourth-order valence-electron chi connectivity index (χ4n) is 2.21. The lowest BCUT2D eigenvalue weighted by atomic mass is 10.1. The Morgan fingerprint density at radius 3 is 2.61 bits per heavy atom. The summed E-state index contributed by atoms with van der Waals surface area (Å²) in [5.74, 6) is -0.838. The van der Waals surface area contributed by atoms with E-state index < -0.39 is 12.0 Å². The summed E-state index contributed by atoms with van der Waals surface area (Å²) < 4.78 is 4.75. The van der Waals surface area contributed by atoms with Gasteiger partial charge >= 0.3 is 5.97 Å². The van der Waals surface area contributed by atoms with Crippen LogP contribution in [0, 0.1) is 11.3 Å². The molecule has 0 radical (unpaired) electrons. The molecule has 1 aromatic carbocycles. The largest absolute Gasteiger partial charge is 0.467 e. The maximum absolute atomic E-state index is 12.7. The number of ether oxygens (including phenoxy) is 1. The van der Waals surface area contributed by atoms with E-state index in [2.05, 4.69) is 4.98 Å². The molecule has 0 saturated heterocycles. The molecule has 0 aliphatic heterocycles. The first kappa shape index (κ1) is 16.3. The topological polar surface area (TPSA) is 86.2 Å². The van der Waals surface area contributed by atoms with Gasteiger partial charge in [0, 0.05) is 12.7 Å². The Kier molecular flexibility index (Phi) is 5.15. The van der Waals surface area contributed by atoms with Gasteiger partial charge in [0.1, 0.15) is 17.8 Å². The zero-order valence-corrected chi connectivity index (χ0v) is 12.9. The van der Waals surface area contributed by atoms with Gasteiger partial charge in [-0.3, -0.25) is 4.79 Å². The minimum absolute atomic E-state index is 0.267. The summed E-state index contributed by atoms with van der Waals surface area (Å²) in [6, 6.07) is 12.0. The number of benzene rings is 1. The molecular weight excluding hydrogens is 294 g/mol. The van der Waals surface area contributed by atoms with Crippen LogP contribution in [0.1, 0.15) is 28.5 Å². The molecule has 1 amide bonds. The van der Waals surface area contributed by atoms with Crippen molar-refractivity contribution in [1.29, 1.82) is 5.26 Å². The molecule has 23 heavy (non-hydrogen) atoms. The molecule has 6 nitrogen and oxygen atoms in total. The molecular formula is C17H17N3O3. The van der Waals surface area contributed by atoms with Crippen molar-refractivity contribution in [2.45, 2.75) is 19.5 Å². The van der Waals surface area contributed by atoms with Crippen LogP contribution >= 0.6 is 0 Å². The highest BCUT2D eigenvalue weighted by Gasteiger charge is 2.28. The van der Waals surface area contributed by atoms with Crippen molar-refractivity contribution < 1.29 is 14.3 Å². The third-order valence-electron chi connectivity index (χ3n) is 3.52. The van der Waals surface area contributed by atoms with E-state index in [1.165, 1.54) is 24.3 Å². The minimum Gasteiger partial charge on any atom is -0.467 e. The molecule has 0 bridgehead atoms. The quantitative estimate of drug-likeness (QED) is 0.857. The van der Waals surface area contributed by atoms with Crippen molar-refractivity contribution in [2.75, 3.05) is 7.11 Å². The van der Waals surface area contributed by atoms with Gasteiger partial charge in [0.25, 0.3) is 5.91 Å². The second-order valence-corrected chi connectivity index (χ2v) is 5.03. The van der Waals surface area contributed by atoms with Crippen LogP contribution < -0.4 is 0 Å². The molecule has 1 aromatic heterocycles. The number of hydrogen-bond donors (Lipinski definition) is 1. The van der Waals surface area contributed by atoms with E-state index >= 15 is 0 Å². The molecule has 1 N–H and O–H groups in total. The molecule has 0 aliphatic carbocycles. The predicted molar refractivity (Wildman–Crippen MR) is 83.3 cm³/mol. The molecule has 2 aromatic rings. The second-order valence-electron chi connectivity index (χ2n) is 5.03. The summed E-state index contributed by atoms with van der Waals surface area (Å²) in [5, 5.41) is 8.86. The fraction of sp³-hybridized carbons (Fsp3) is 0.235.